The number of nitrogens with two attached hydrogens (primary N) is 1. The SMILES string of the molecule is Cc1[nH]ncc1-c1ccc(C(C)(C(N)=O)c2ccc(Cl)cc2)cc1. The highest BCUT2D eigenvalue weighted by Gasteiger charge is 2.35. The second-order valence-electron chi connectivity index (χ2n) is 5.98. The van der Waals surface area contributed by atoms with Gasteiger partial charge in [-0.15, -0.1) is 0 Å². The van der Waals surface area contributed by atoms with Crippen LogP contribution in [0.25, 0.3) is 11.1 Å². The molecule has 1 aromatic heterocycles. The van der Waals surface area contributed by atoms with Gasteiger partial charge in [-0.05, 0) is 42.7 Å². The molecule has 1 amide bonds. The Bertz CT molecular complexity index is 868. The van der Waals surface area contributed by atoms with Crippen molar-refractivity contribution < 1.29 is 4.79 Å². The molecule has 0 bridgehead atoms. The van der Waals surface area contributed by atoms with Crippen molar-refractivity contribution in [3.8, 4) is 11.1 Å². The Kier molecular flexibility index (Phi) is 4.16. The minimum Gasteiger partial charge on any atom is -0.369 e. The van der Waals surface area contributed by atoms with Gasteiger partial charge in [-0.25, -0.2) is 0 Å². The number of H-pyrrole nitrogens is 1. The normalized spacial score (nSPS) is 13.5. The van der Waals surface area contributed by atoms with Crippen molar-refractivity contribution in [2.45, 2.75) is 19.3 Å². The van der Waals surface area contributed by atoms with E-state index in [0.717, 1.165) is 27.9 Å². The lowest BCUT2D eigenvalue weighted by molar-refractivity contribution is -0.121. The van der Waals surface area contributed by atoms with Crippen molar-refractivity contribution in [3.05, 3.63) is 76.6 Å². The summed E-state index contributed by atoms with van der Waals surface area (Å²) in [5, 5.41) is 7.59. The number of nitrogens with zero attached hydrogens (tertiary/aromatic N) is 1. The number of aromatic nitrogens is 2. The predicted octanol–water partition coefficient (Wildman–Crippen LogP) is 3.83. The van der Waals surface area contributed by atoms with Gasteiger partial charge in [0.25, 0.3) is 0 Å². The highest BCUT2D eigenvalue weighted by Crippen LogP contribution is 2.34. The van der Waals surface area contributed by atoms with E-state index in [0.29, 0.717) is 5.02 Å². The van der Waals surface area contributed by atoms with E-state index >= 15 is 0 Å². The van der Waals surface area contributed by atoms with E-state index in [1.54, 1.807) is 18.3 Å². The summed E-state index contributed by atoms with van der Waals surface area (Å²) in [5.41, 5.74) is 9.54. The second-order valence-corrected chi connectivity index (χ2v) is 6.42. The van der Waals surface area contributed by atoms with Crippen molar-refractivity contribution >= 4 is 17.5 Å². The number of hydrogen-bond acceptors (Lipinski definition) is 2. The number of hydrogen-bond donors (Lipinski definition) is 2. The summed E-state index contributed by atoms with van der Waals surface area (Å²) < 4.78 is 0. The molecule has 1 unspecified atom stereocenters. The number of nitrogens with one attached hydrogen (secondary N) is 1. The van der Waals surface area contributed by atoms with E-state index in [4.69, 9.17) is 17.3 Å². The Balaban J connectivity index is 2.05. The van der Waals surface area contributed by atoms with Crippen LogP contribution in [0.4, 0.5) is 0 Å². The van der Waals surface area contributed by atoms with Gasteiger partial charge in [0.15, 0.2) is 0 Å². The number of primary amides is 1. The van der Waals surface area contributed by atoms with Crippen molar-refractivity contribution in [1.82, 2.24) is 10.2 Å². The van der Waals surface area contributed by atoms with Crippen LogP contribution in [-0.4, -0.2) is 16.1 Å². The molecular formula is C19H18ClN3O. The smallest absolute Gasteiger partial charge is 0.232 e. The summed E-state index contributed by atoms with van der Waals surface area (Å²) in [6.07, 6.45) is 1.79. The van der Waals surface area contributed by atoms with Crippen molar-refractivity contribution in [1.29, 1.82) is 0 Å². The Labute approximate surface area is 145 Å². The van der Waals surface area contributed by atoms with Crippen LogP contribution in [0.15, 0.2) is 54.7 Å². The molecule has 3 rings (SSSR count). The predicted molar refractivity (Wildman–Crippen MR) is 95.9 cm³/mol. The first-order valence-electron chi connectivity index (χ1n) is 7.59. The molecule has 4 nitrogen and oxygen atoms in total. The lowest BCUT2D eigenvalue weighted by Gasteiger charge is -2.27. The molecule has 2 aromatic carbocycles. The molecule has 1 atom stereocenters. The largest absolute Gasteiger partial charge is 0.369 e. The number of benzene rings is 2. The van der Waals surface area contributed by atoms with Gasteiger partial charge in [0, 0.05) is 16.3 Å². The summed E-state index contributed by atoms with van der Waals surface area (Å²) in [7, 11) is 0. The number of halogens is 1. The molecule has 3 N–H and O–H groups in total. The van der Waals surface area contributed by atoms with E-state index in [9.17, 15) is 4.79 Å². The molecule has 0 aliphatic rings. The van der Waals surface area contributed by atoms with E-state index in [2.05, 4.69) is 10.2 Å². The summed E-state index contributed by atoms with van der Waals surface area (Å²) in [4.78, 5) is 12.2. The Morgan fingerprint density at radius 3 is 2.08 bits per heavy atom. The maximum atomic E-state index is 12.2. The molecule has 0 aliphatic carbocycles. The van der Waals surface area contributed by atoms with Crippen molar-refractivity contribution in [3.63, 3.8) is 0 Å². The van der Waals surface area contributed by atoms with E-state index in [1.807, 2.05) is 50.2 Å². The Hall–Kier alpha value is -2.59. The third kappa shape index (κ3) is 2.69. The van der Waals surface area contributed by atoms with Gasteiger partial charge in [-0.2, -0.15) is 5.10 Å². The minimum absolute atomic E-state index is 0.405. The molecule has 5 heteroatoms. The zero-order chi connectivity index (χ0) is 17.3. The maximum absolute atomic E-state index is 12.2. The van der Waals surface area contributed by atoms with Gasteiger partial charge in [-0.1, -0.05) is 48.0 Å². The average molecular weight is 340 g/mol. The van der Waals surface area contributed by atoms with Gasteiger partial charge in [0.1, 0.15) is 0 Å². The Morgan fingerprint density at radius 1 is 1.08 bits per heavy atom. The lowest BCUT2D eigenvalue weighted by Crippen LogP contribution is -2.39. The molecule has 122 valence electrons. The molecular weight excluding hydrogens is 322 g/mol. The fourth-order valence-corrected chi connectivity index (χ4v) is 2.99. The third-order valence-corrected chi connectivity index (χ3v) is 4.77. The van der Waals surface area contributed by atoms with Gasteiger partial charge in [0.2, 0.25) is 5.91 Å². The number of aromatic amines is 1. The number of rotatable bonds is 4. The lowest BCUT2D eigenvalue weighted by atomic mass is 9.75. The molecule has 0 saturated heterocycles. The zero-order valence-electron chi connectivity index (χ0n) is 13.5. The monoisotopic (exact) mass is 339 g/mol. The summed E-state index contributed by atoms with van der Waals surface area (Å²) in [6.45, 7) is 3.80. The number of carbonyl (C=O) groups excluding carboxylic acids is 1. The molecule has 3 aromatic rings. The van der Waals surface area contributed by atoms with Gasteiger partial charge < -0.3 is 5.73 Å². The quantitative estimate of drug-likeness (QED) is 0.758. The first kappa shape index (κ1) is 16.3. The fourth-order valence-electron chi connectivity index (χ4n) is 2.86. The van der Waals surface area contributed by atoms with Crippen LogP contribution in [0, 0.1) is 6.92 Å². The standard InChI is InChI=1S/C19H18ClN3O/c1-12-17(11-22-23-12)13-3-5-14(6-4-13)19(2,18(21)24)15-7-9-16(20)10-8-15/h3-11H,1-2H3,(H2,21,24)(H,22,23). The van der Waals surface area contributed by atoms with Crippen LogP contribution in [0.5, 0.6) is 0 Å². The van der Waals surface area contributed by atoms with Crippen LogP contribution in [0.3, 0.4) is 0 Å². The van der Waals surface area contributed by atoms with Crippen LogP contribution >= 0.6 is 11.6 Å². The van der Waals surface area contributed by atoms with E-state index in [1.165, 1.54) is 0 Å². The van der Waals surface area contributed by atoms with E-state index in [-0.39, 0.29) is 0 Å². The maximum Gasteiger partial charge on any atom is 0.232 e. The first-order valence-corrected chi connectivity index (χ1v) is 7.97. The Morgan fingerprint density at radius 2 is 1.62 bits per heavy atom. The van der Waals surface area contributed by atoms with Crippen LogP contribution in [0.2, 0.25) is 5.02 Å². The molecule has 0 radical (unpaired) electrons. The first-order chi connectivity index (χ1) is 11.4. The highest BCUT2D eigenvalue weighted by molar-refractivity contribution is 6.30. The van der Waals surface area contributed by atoms with Gasteiger partial charge in [-0.3, -0.25) is 9.89 Å². The van der Waals surface area contributed by atoms with Gasteiger partial charge in [0.05, 0.1) is 11.6 Å². The average Bonchev–Trinajstić information content (AvgIpc) is 3.01. The number of aryl methyl sites for hydroxylation is 1. The third-order valence-electron chi connectivity index (χ3n) is 4.52. The number of carbonyl (C=O) groups is 1. The topological polar surface area (TPSA) is 71.8 Å². The highest BCUT2D eigenvalue weighted by atomic mass is 35.5. The zero-order valence-corrected chi connectivity index (χ0v) is 14.3. The molecule has 0 fully saturated rings. The van der Waals surface area contributed by atoms with Gasteiger partial charge >= 0.3 is 0 Å². The fraction of sp³-hybridized carbons (Fsp3) is 0.158. The second kappa shape index (κ2) is 6.13. The van der Waals surface area contributed by atoms with E-state index < -0.39 is 11.3 Å². The summed E-state index contributed by atoms with van der Waals surface area (Å²) in [5.74, 6) is -0.405. The number of amides is 1. The summed E-state index contributed by atoms with van der Waals surface area (Å²) >= 11 is 5.95. The molecule has 24 heavy (non-hydrogen) atoms. The summed E-state index contributed by atoms with van der Waals surface area (Å²) in [6, 6.07) is 15.0. The molecule has 1 heterocycles. The molecule has 0 aliphatic heterocycles. The molecule has 0 spiro atoms. The van der Waals surface area contributed by atoms with Crippen LogP contribution in [-0.2, 0) is 10.2 Å². The van der Waals surface area contributed by atoms with Crippen LogP contribution in [0.1, 0.15) is 23.7 Å². The van der Waals surface area contributed by atoms with Crippen molar-refractivity contribution in [2.24, 2.45) is 5.73 Å². The van der Waals surface area contributed by atoms with Crippen molar-refractivity contribution in [2.75, 3.05) is 0 Å². The minimum atomic E-state index is -0.922. The molecule has 0 saturated carbocycles. The van der Waals surface area contributed by atoms with Crippen LogP contribution < -0.4 is 5.73 Å².